The zero-order valence-corrected chi connectivity index (χ0v) is 11.9. The summed E-state index contributed by atoms with van der Waals surface area (Å²) in [6, 6.07) is 1.63. The second-order valence-electron chi connectivity index (χ2n) is 3.56. The smallest absolute Gasteiger partial charge is 0.309 e. The van der Waals surface area contributed by atoms with E-state index in [0.717, 1.165) is 0 Å². The van der Waals surface area contributed by atoms with E-state index in [1.54, 1.807) is 17.6 Å². The summed E-state index contributed by atoms with van der Waals surface area (Å²) < 4.78 is 0.700. The van der Waals surface area contributed by atoms with Crippen LogP contribution >= 0.6 is 27.3 Å². The molecule has 2 aromatic rings. The maximum atomic E-state index is 11.9. The van der Waals surface area contributed by atoms with E-state index in [9.17, 15) is 9.59 Å². The quantitative estimate of drug-likeness (QED) is 0.889. The van der Waals surface area contributed by atoms with Crippen molar-refractivity contribution >= 4 is 44.3 Å². The van der Waals surface area contributed by atoms with Gasteiger partial charge in [0.1, 0.15) is 0 Å². The van der Waals surface area contributed by atoms with Crippen molar-refractivity contribution in [1.29, 1.82) is 0 Å². The number of hydrogen-bond acceptors (Lipinski definition) is 5. The van der Waals surface area contributed by atoms with Gasteiger partial charge in [-0.2, -0.15) is 0 Å². The van der Waals surface area contributed by atoms with Crippen molar-refractivity contribution < 1.29 is 14.7 Å². The van der Waals surface area contributed by atoms with Gasteiger partial charge in [-0.1, -0.05) is 0 Å². The Kier molecular flexibility index (Phi) is 4.23. The number of carboxylic acids is 1. The number of carbonyl (C=O) groups excluding carboxylic acids is 1. The van der Waals surface area contributed by atoms with Gasteiger partial charge in [0, 0.05) is 22.2 Å². The molecule has 0 saturated carbocycles. The summed E-state index contributed by atoms with van der Waals surface area (Å²) >= 11 is 4.41. The first-order valence-electron chi connectivity index (χ1n) is 5.12. The van der Waals surface area contributed by atoms with Crippen LogP contribution < -0.4 is 5.32 Å². The number of carbonyl (C=O) groups is 2. The van der Waals surface area contributed by atoms with Crippen LogP contribution in [0.25, 0.3) is 0 Å². The molecule has 19 heavy (non-hydrogen) atoms. The van der Waals surface area contributed by atoms with Gasteiger partial charge in [0.2, 0.25) is 0 Å². The monoisotopic (exact) mass is 341 g/mol. The molecule has 0 bridgehead atoms. The fraction of sp³-hybridized carbons (Fsp3) is 0.0909. The lowest BCUT2D eigenvalue weighted by Crippen LogP contribution is -2.12. The highest BCUT2D eigenvalue weighted by Crippen LogP contribution is 2.17. The molecule has 0 spiro atoms. The summed E-state index contributed by atoms with van der Waals surface area (Å²) in [4.78, 5) is 30.3. The first-order chi connectivity index (χ1) is 9.04. The van der Waals surface area contributed by atoms with Gasteiger partial charge < -0.3 is 5.11 Å². The maximum absolute atomic E-state index is 11.9. The fourth-order valence-corrected chi connectivity index (χ4v) is 2.38. The Morgan fingerprint density at radius 2 is 2.21 bits per heavy atom. The van der Waals surface area contributed by atoms with Gasteiger partial charge in [0.05, 0.1) is 17.7 Å². The van der Waals surface area contributed by atoms with Gasteiger partial charge in [-0.25, -0.2) is 4.98 Å². The molecule has 0 fully saturated rings. The molecule has 98 valence electrons. The summed E-state index contributed by atoms with van der Waals surface area (Å²) in [5.74, 6) is -1.30. The van der Waals surface area contributed by atoms with Gasteiger partial charge in [0.15, 0.2) is 5.13 Å². The molecular weight excluding hydrogens is 334 g/mol. The van der Waals surface area contributed by atoms with Crippen molar-refractivity contribution in [3.63, 3.8) is 0 Å². The van der Waals surface area contributed by atoms with E-state index in [1.807, 2.05) is 0 Å². The number of halogens is 1. The highest BCUT2D eigenvalue weighted by Gasteiger charge is 2.11. The van der Waals surface area contributed by atoms with Gasteiger partial charge in [-0.15, -0.1) is 11.3 Å². The lowest BCUT2D eigenvalue weighted by molar-refractivity contribution is -0.136. The molecule has 0 radical (unpaired) electrons. The number of nitrogens with one attached hydrogen (secondary N) is 1. The summed E-state index contributed by atoms with van der Waals surface area (Å²) in [6.07, 6.45) is 2.85. The van der Waals surface area contributed by atoms with E-state index in [1.165, 1.54) is 17.5 Å². The highest BCUT2D eigenvalue weighted by atomic mass is 79.9. The molecule has 0 aromatic carbocycles. The zero-order chi connectivity index (χ0) is 13.8. The third-order valence-corrected chi connectivity index (χ3v) is 3.31. The van der Waals surface area contributed by atoms with Crippen LogP contribution in [0, 0.1) is 0 Å². The van der Waals surface area contributed by atoms with Crippen molar-refractivity contribution in [3.05, 3.63) is 39.6 Å². The molecule has 2 N–H and O–H groups in total. The van der Waals surface area contributed by atoms with Crippen LogP contribution in [-0.4, -0.2) is 27.0 Å². The van der Waals surface area contributed by atoms with Crippen LogP contribution in [0.5, 0.6) is 0 Å². The molecule has 8 heteroatoms. The van der Waals surface area contributed by atoms with E-state index in [-0.39, 0.29) is 12.3 Å². The summed E-state index contributed by atoms with van der Waals surface area (Å²) in [5.41, 5.74) is 0.810. The standard InChI is InChI=1S/C11H8BrN3O3S/c12-7-1-6(3-13-4-7)10(18)15-11-14-8(5-19-11)2-9(16)17/h1,3-5H,2H2,(H,16,17)(H,14,15,18). The maximum Gasteiger partial charge on any atom is 0.309 e. The van der Waals surface area contributed by atoms with E-state index < -0.39 is 5.97 Å². The molecule has 0 aliphatic rings. The molecule has 0 saturated heterocycles. The topological polar surface area (TPSA) is 92.2 Å². The van der Waals surface area contributed by atoms with Crippen LogP contribution in [-0.2, 0) is 11.2 Å². The number of anilines is 1. The number of pyridine rings is 1. The minimum Gasteiger partial charge on any atom is -0.481 e. The third-order valence-electron chi connectivity index (χ3n) is 2.07. The Labute approximate surface area is 120 Å². The lowest BCUT2D eigenvalue weighted by atomic mass is 10.3. The average Bonchev–Trinajstić information content (AvgIpc) is 2.75. The first-order valence-corrected chi connectivity index (χ1v) is 6.80. The second kappa shape index (κ2) is 5.89. The van der Waals surface area contributed by atoms with E-state index >= 15 is 0 Å². The third kappa shape index (κ3) is 3.83. The second-order valence-corrected chi connectivity index (χ2v) is 5.33. The van der Waals surface area contributed by atoms with Crippen LogP contribution in [0.15, 0.2) is 28.3 Å². The fourth-order valence-electron chi connectivity index (χ4n) is 1.31. The Balaban J connectivity index is 2.06. The van der Waals surface area contributed by atoms with E-state index in [2.05, 4.69) is 31.2 Å². The van der Waals surface area contributed by atoms with Crippen molar-refractivity contribution in [3.8, 4) is 0 Å². The largest absolute Gasteiger partial charge is 0.481 e. The number of thiazole rings is 1. The van der Waals surface area contributed by atoms with Crippen molar-refractivity contribution in [2.75, 3.05) is 5.32 Å². The molecular formula is C11H8BrN3O3S. The number of amides is 1. The molecule has 0 atom stereocenters. The van der Waals surface area contributed by atoms with Gasteiger partial charge in [-0.3, -0.25) is 19.9 Å². The number of aliphatic carboxylic acids is 1. The Morgan fingerprint density at radius 1 is 1.42 bits per heavy atom. The Bertz CT molecular complexity index is 629. The predicted molar refractivity (Wildman–Crippen MR) is 73.3 cm³/mol. The Morgan fingerprint density at radius 3 is 2.89 bits per heavy atom. The first kappa shape index (κ1) is 13.6. The van der Waals surface area contributed by atoms with E-state index in [4.69, 9.17) is 5.11 Å². The van der Waals surface area contributed by atoms with Gasteiger partial charge in [-0.05, 0) is 22.0 Å². The summed E-state index contributed by atoms with van der Waals surface area (Å²) in [5, 5.41) is 13.2. The predicted octanol–water partition coefficient (Wildman–Crippen LogP) is 2.18. The molecule has 0 unspecified atom stereocenters. The number of nitrogens with zero attached hydrogens (tertiary/aromatic N) is 2. The lowest BCUT2D eigenvalue weighted by Gasteiger charge is -2.01. The highest BCUT2D eigenvalue weighted by molar-refractivity contribution is 9.10. The minimum atomic E-state index is -0.959. The number of rotatable bonds is 4. The molecule has 0 aliphatic heterocycles. The van der Waals surface area contributed by atoms with Crippen molar-refractivity contribution in [1.82, 2.24) is 9.97 Å². The minimum absolute atomic E-state index is 0.162. The molecule has 6 nitrogen and oxygen atoms in total. The van der Waals surface area contributed by atoms with Crippen LogP contribution in [0.1, 0.15) is 16.1 Å². The number of carboxylic acid groups (broad SMARTS) is 1. The average molecular weight is 342 g/mol. The Hall–Kier alpha value is -1.80. The molecule has 2 heterocycles. The molecule has 2 rings (SSSR count). The van der Waals surface area contributed by atoms with Crippen LogP contribution in [0.3, 0.4) is 0 Å². The molecule has 0 aliphatic carbocycles. The molecule has 2 aromatic heterocycles. The summed E-state index contributed by atoms with van der Waals surface area (Å²) in [7, 11) is 0. The zero-order valence-electron chi connectivity index (χ0n) is 9.46. The summed E-state index contributed by atoms with van der Waals surface area (Å²) in [6.45, 7) is 0. The van der Waals surface area contributed by atoms with Crippen LogP contribution in [0.2, 0.25) is 0 Å². The van der Waals surface area contributed by atoms with Crippen LogP contribution in [0.4, 0.5) is 5.13 Å². The SMILES string of the molecule is O=C(O)Cc1csc(NC(=O)c2cncc(Br)c2)n1. The van der Waals surface area contributed by atoms with Gasteiger partial charge in [0.25, 0.3) is 5.91 Å². The van der Waals surface area contributed by atoms with E-state index in [0.29, 0.717) is 20.9 Å². The molecule has 1 amide bonds. The number of hydrogen-bond donors (Lipinski definition) is 2. The van der Waals surface area contributed by atoms with Crippen molar-refractivity contribution in [2.24, 2.45) is 0 Å². The number of aromatic nitrogens is 2. The normalized spacial score (nSPS) is 10.2. The van der Waals surface area contributed by atoms with Gasteiger partial charge >= 0.3 is 5.97 Å². The van der Waals surface area contributed by atoms with Crippen molar-refractivity contribution in [2.45, 2.75) is 6.42 Å².